The molecule has 0 aromatic carbocycles. The summed E-state index contributed by atoms with van der Waals surface area (Å²) in [5.41, 5.74) is 0.498. The number of nitrogens with one attached hydrogen (secondary N) is 1. The molecular weight excluding hydrogens is 260 g/mol. The summed E-state index contributed by atoms with van der Waals surface area (Å²) in [5, 5.41) is 13.6. The fourth-order valence-corrected chi connectivity index (χ4v) is 4.28. The number of hydrogen-bond donors (Lipinski definition) is 2. The molecule has 3 nitrogen and oxygen atoms in total. The fourth-order valence-electron chi connectivity index (χ4n) is 4.28. The molecule has 0 radical (unpaired) electrons. The van der Waals surface area contributed by atoms with E-state index in [0.717, 1.165) is 19.0 Å². The van der Waals surface area contributed by atoms with Crippen LogP contribution in [0.15, 0.2) is 0 Å². The molecule has 0 spiro atoms. The molecule has 2 aliphatic rings. The van der Waals surface area contributed by atoms with Crippen LogP contribution in [0.5, 0.6) is 0 Å². The van der Waals surface area contributed by atoms with E-state index < -0.39 is 0 Å². The molecule has 124 valence electrons. The molecule has 4 atom stereocenters. The van der Waals surface area contributed by atoms with Gasteiger partial charge in [-0.15, -0.1) is 0 Å². The van der Waals surface area contributed by atoms with Gasteiger partial charge in [-0.2, -0.15) is 0 Å². The lowest BCUT2D eigenvalue weighted by atomic mass is 9.69. The number of nitrogens with zero attached hydrogens (tertiary/aromatic N) is 1. The highest BCUT2D eigenvalue weighted by molar-refractivity contribution is 4.91. The maximum absolute atomic E-state index is 9.79. The maximum Gasteiger partial charge on any atom is 0.0552 e. The van der Waals surface area contributed by atoms with E-state index in [2.05, 4.69) is 31.0 Å². The van der Waals surface area contributed by atoms with Crippen molar-refractivity contribution in [2.45, 2.75) is 71.9 Å². The molecule has 4 unspecified atom stereocenters. The zero-order valence-corrected chi connectivity index (χ0v) is 14.6. The average Bonchev–Trinajstić information content (AvgIpc) is 2.86. The van der Waals surface area contributed by atoms with Crippen molar-refractivity contribution in [3.8, 4) is 0 Å². The summed E-state index contributed by atoms with van der Waals surface area (Å²) in [7, 11) is 0. The second-order valence-electron chi connectivity index (χ2n) is 8.28. The van der Waals surface area contributed by atoms with Gasteiger partial charge in [0.25, 0.3) is 0 Å². The number of aliphatic hydroxyl groups is 1. The molecule has 21 heavy (non-hydrogen) atoms. The van der Waals surface area contributed by atoms with Crippen LogP contribution in [0.1, 0.15) is 59.8 Å². The molecule has 0 aromatic heterocycles. The average molecular weight is 296 g/mol. The molecule has 1 aliphatic carbocycles. The van der Waals surface area contributed by atoms with Crippen LogP contribution in [0.4, 0.5) is 0 Å². The van der Waals surface area contributed by atoms with E-state index in [9.17, 15) is 5.11 Å². The minimum atomic E-state index is -0.146. The molecule has 1 saturated heterocycles. The van der Waals surface area contributed by atoms with E-state index in [1.165, 1.54) is 45.2 Å². The molecule has 2 fully saturated rings. The van der Waals surface area contributed by atoms with Crippen molar-refractivity contribution in [2.75, 3.05) is 26.2 Å². The van der Waals surface area contributed by atoms with Gasteiger partial charge >= 0.3 is 0 Å². The molecule has 1 aliphatic heterocycles. The number of likely N-dealkylation sites (tertiary alicyclic amines) is 1. The second kappa shape index (κ2) is 7.43. The first-order chi connectivity index (χ1) is 9.91. The van der Waals surface area contributed by atoms with E-state index in [1.54, 1.807) is 0 Å². The van der Waals surface area contributed by atoms with Crippen molar-refractivity contribution < 1.29 is 5.11 Å². The van der Waals surface area contributed by atoms with Gasteiger partial charge in [0, 0.05) is 19.1 Å². The SMILES string of the molecule is CCCNC1CCC(C)(C)CC1CN1CCC(C(C)O)C1. The van der Waals surface area contributed by atoms with E-state index in [4.69, 9.17) is 0 Å². The third-order valence-electron chi connectivity index (χ3n) is 5.66. The monoisotopic (exact) mass is 296 g/mol. The molecule has 1 saturated carbocycles. The standard InChI is InChI=1S/C18H36N2O/c1-5-9-19-17-6-8-18(3,4)11-16(17)13-20-10-7-15(12-20)14(2)21/h14-17,19,21H,5-13H2,1-4H3. The first-order valence-electron chi connectivity index (χ1n) is 9.05. The quantitative estimate of drug-likeness (QED) is 0.791. The van der Waals surface area contributed by atoms with Crippen molar-refractivity contribution in [1.29, 1.82) is 0 Å². The first-order valence-corrected chi connectivity index (χ1v) is 9.05. The Morgan fingerprint density at radius 2 is 2.10 bits per heavy atom. The van der Waals surface area contributed by atoms with E-state index in [1.807, 2.05) is 6.92 Å². The van der Waals surface area contributed by atoms with Gasteiger partial charge < -0.3 is 15.3 Å². The number of aliphatic hydroxyl groups excluding tert-OH is 1. The summed E-state index contributed by atoms with van der Waals surface area (Å²) in [6, 6.07) is 0.698. The first kappa shape index (κ1) is 17.2. The predicted molar refractivity (Wildman–Crippen MR) is 89.4 cm³/mol. The van der Waals surface area contributed by atoms with Crippen LogP contribution < -0.4 is 5.32 Å². The lowest BCUT2D eigenvalue weighted by molar-refractivity contribution is 0.0968. The summed E-state index contributed by atoms with van der Waals surface area (Å²) in [6.45, 7) is 13.7. The maximum atomic E-state index is 9.79. The van der Waals surface area contributed by atoms with Crippen molar-refractivity contribution in [2.24, 2.45) is 17.3 Å². The van der Waals surface area contributed by atoms with Crippen molar-refractivity contribution in [3.63, 3.8) is 0 Å². The van der Waals surface area contributed by atoms with Gasteiger partial charge in [-0.1, -0.05) is 20.8 Å². The van der Waals surface area contributed by atoms with Gasteiger partial charge in [-0.25, -0.2) is 0 Å². The molecule has 2 rings (SSSR count). The van der Waals surface area contributed by atoms with E-state index >= 15 is 0 Å². The summed E-state index contributed by atoms with van der Waals surface area (Å²) < 4.78 is 0. The topological polar surface area (TPSA) is 35.5 Å². The van der Waals surface area contributed by atoms with Crippen molar-refractivity contribution in [3.05, 3.63) is 0 Å². The Hall–Kier alpha value is -0.120. The summed E-state index contributed by atoms with van der Waals surface area (Å²) in [4.78, 5) is 2.60. The zero-order chi connectivity index (χ0) is 15.5. The van der Waals surface area contributed by atoms with Gasteiger partial charge in [0.1, 0.15) is 0 Å². The van der Waals surface area contributed by atoms with Crippen molar-refractivity contribution >= 4 is 0 Å². The molecule has 0 bridgehead atoms. The lowest BCUT2D eigenvalue weighted by Gasteiger charge is -2.42. The Morgan fingerprint density at radius 1 is 1.33 bits per heavy atom. The highest BCUT2D eigenvalue weighted by Gasteiger charge is 2.36. The van der Waals surface area contributed by atoms with E-state index in [-0.39, 0.29) is 6.10 Å². The van der Waals surface area contributed by atoms with Gasteiger partial charge in [0.2, 0.25) is 0 Å². The Labute approximate surface area is 131 Å². The molecule has 3 heteroatoms. The largest absolute Gasteiger partial charge is 0.393 e. The van der Waals surface area contributed by atoms with Gasteiger partial charge in [-0.3, -0.25) is 0 Å². The number of rotatable bonds is 6. The Kier molecular flexibility index (Phi) is 6.10. The van der Waals surface area contributed by atoms with Crippen LogP contribution in [-0.2, 0) is 0 Å². The zero-order valence-electron chi connectivity index (χ0n) is 14.6. The minimum Gasteiger partial charge on any atom is -0.393 e. The third-order valence-corrected chi connectivity index (χ3v) is 5.66. The predicted octanol–water partition coefficient (Wildman–Crippen LogP) is 2.88. The van der Waals surface area contributed by atoms with Crippen LogP contribution >= 0.6 is 0 Å². The third kappa shape index (κ3) is 4.94. The molecule has 0 aromatic rings. The molecule has 1 heterocycles. The molecule has 2 N–H and O–H groups in total. The fraction of sp³-hybridized carbons (Fsp3) is 1.00. The summed E-state index contributed by atoms with van der Waals surface area (Å²) in [6.07, 6.45) is 6.25. The smallest absolute Gasteiger partial charge is 0.0552 e. The van der Waals surface area contributed by atoms with Crippen LogP contribution in [0.25, 0.3) is 0 Å². The Morgan fingerprint density at radius 3 is 2.71 bits per heavy atom. The Balaban J connectivity index is 1.90. The highest BCUT2D eigenvalue weighted by Crippen LogP contribution is 2.39. The number of hydrogen-bond acceptors (Lipinski definition) is 3. The summed E-state index contributed by atoms with van der Waals surface area (Å²) >= 11 is 0. The minimum absolute atomic E-state index is 0.146. The lowest BCUT2D eigenvalue weighted by Crippen LogP contribution is -2.47. The van der Waals surface area contributed by atoms with Gasteiger partial charge in [0.05, 0.1) is 6.10 Å². The summed E-state index contributed by atoms with van der Waals surface area (Å²) in [5.74, 6) is 1.26. The van der Waals surface area contributed by atoms with Crippen LogP contribution in [-0.4, -0.2) is 48.3 Å². The second-order valence-corrected chi connectivity index (χ2v) is 8.28. The molecule has 0 amide bonds. The highest BCUT2D eigenvalue weighted by atomic mass is 16.3. The molecular formula is C18H36N2O. The normalized spacial score (nSPS) is 35.0. The van der Waals surface area contributed by atoms with Crippen molar-refractivity contribution in [1.82, 2.24) is 10.2 Å². The van der Waals surface area contributed by atoms with Crippen LogP contribution in [0.3, 0.4) is 0 Å². The van der Waals surface area contributed by atoms with Crippen LogP contribution in [0.2, 0.25) is 0 Å². The van der Waals surface area contributed by atoms with Gasteiger partial charge in [0.15, 0.2) is 0 Å². The Bertz CT molecular complexity index is 316. The van der Waals surface area contributed by atoms with E-state index in [0.29, 0.717) is 17.4 Å². The van der Waals surface area contributed by atoms with Crippen LogP contribution in [0, 0.1) is 17.3 Å². The van der Waals surface area contributed by atoms with Gasteiger partial charge in [-0.05, 0) is 69.4 Å².